The van der Waals surface area contributed by atoms with Crippen LogP contribution in [-0.2, 0) is 9.59 Å². The molecule has 2 aliphatic rings. The summed E-state index contributed by atoms with van der Waals surface area (Å²) in [5.41, 5.74) is 1.10. The van der Waals surface area contributed by atoms with Crippen molar-refractivity contribution in [3.8, 4) is 0 Å². The zero-order valence-electron chi connectivity index (χ0n) is 15.2. The Bertz CT molecular complexity index is 655. The lowest BCUT2D eigenvalue weighted by Crippen LogP contribution is -2.43. The molecule has 1 saturated heterocycles. The summed E-state index contributed by atoms with van der Waals surface area (Å²) in [6.45, 7) is 3.38. The molecule has 0 bridgehead atoms. The fraction of sp³-hybridized carbons (Fsp3) is 0.600. The fourth-order valence-corrected chi connectivity index (χ4v) is 4.27. The number of benzene rings is 1. The zero-order chi connectivity index (χ0) is 18.7. The molecule has 1 N–H and O–H groups in total. The molecule has 1 atom stereocenters. The van der Waals surface area contributed by atoms with E-state index in [1.54, 1.807) is 6.92 Å². The minimum absolute atomic E-state index is 0.0140. The van der Waals surface area contributed by atoms with E-state index in [0.717, 1.165) is 25.9 Å². The van der Waals surface area contributed by atoms with Gasteiger partial charge in [0.2, 0.25) is 12.3 Å². The molecule has 2 fully saturated rings. The molecule has 1 aromatic carbocycles. The summed E-state index contributed by atoms with van der Waals surface area (Å²) in [7, 11) is 0. The van der Waals surface area contributed by atoms with Gasteiger partial charge in [0.1, 0.15) is 11.6 Å². The molecule has 1 saturated carbocycles. The van der Waals surface area contributed by atoms with Gasteiger partial charge in [-0.2, -0.15) is 0 Å². The van der Waals surface area contributed by atoms with Crippen LogP contribution in [0.25, 0.3) is 0 Å². The molecule has 1 spiro atoms. The second-order valence-electron chi connectivity index (χ2n) is 7.79. The highest BCUT2D eigenvalue weighted by Gasteiger charge is 2.39. The summed E-state index contributed by atoms with van der Waals surface area (Å²) in [5, 5.41) is 2.04. The molecule has 1 unspecified atom stereocenters. The van der Waals surface area contributed by atoms with Gasteiger partial charge in [0.25, 0.3) is 0 Å². The number of nitrogens with one attached hydrogen (secondary N) is 1. The van der Waals surface area contributed by atoms with Crippen LogP contribution < -0.4 is 10.2 Å². The van der Waals surface area contributed by atoms with E-state index >= 15 is 0 Å². The van der Waals surface area contributed by atoms with Crippen molar-refractivity contribution in [2.24, 2.45) is 5.41 Å². The Labute approximate surface area is 152 Å². The zero-order valence-corrected chi connectivity index (χ0v) is 15.2. The van der Waals surface area contributed by atoms with Crippen LogP contribution >= 0.6 is 0 Å². The number of hydrogen-bond acceptors (Lipinski definition) is 3. The highest BCUT2D eigenvalue weighted by Crippen LogP contribution is 2.49. The van der Waals surface area contributed by atoms with Gasteiger partial charge in [-0.1, -0.05) is 13.3 Å². The molecule has 142 valence electrons. The van der Waals surface area contributed by atoms with Crippen molar-refractivity contribution in [3.05, 3.63) is 29.3 Å². The molecule has 6 heteroatoms. The number of imide groups is 1. The van der Waals surface area contributed by atoms with Gasteiger partial charge in [0.05, 0.1) is 0 Å². The van der Waals surface area contributed by atoms with E-state index in [9.17, 15) is 18.4 Å². The first-order valence-corrected chi connectivity index (χ1v) is 9.41. The average Bonchev–Trinajstić information content (AvgIpc) is 2.58. The fourth-order valence-electron chi connectivity index (χ4n) is 4.27. The number of hydrogen-bond donors (Lipinski definition) is 1. The molecular formula is C20H26F2N2O2. The predicted octanol–water partition coefficient (Wildman–Crippen LogP) is 3.89. The number of rotatable bonds is 6. The predicted molar refractivity (Wildman–Crippen MR) is 95.9 cm³/mol. The minimum Gasteiger partial charge on any atom is -0.371 e. The maximum atomic E-state index is 14.6. The van der Waals surface area contributed by atoms with Crippen molar-refractivity contribution < 1.29 is 18.4 Å². The molecule has 26 heavy (non-hydrogen) atoms. The van der Waals surface area contributed by atoms with Crippen molar-refractivity contribution in [3.63, 3.8) is 0 Å². The molecule has 1 aromatic rings. The number of halogens is 2. The maximum Gasteiger partial charge on any atom is 0.226 e. The number of nitrogens with zero attached hydrogens (tertiary/aromatic N) is 1. The van der Waals surface area contributed by atoms with Gasteiger partial charge in [-0.15, -0.1) is 0 Å². The lowest BCUT2D eigenvalue weighted by Gasteiger charge is -2.48. The van der Waals surface area contributed by atoms with E-state index in [2.05, 4.69) is 4.90 Å². The van der Waals surface area contributed by atoms with E-state index in [4.69, 9.17) is 0 Å². The number of anilines is 1. The topological polar surface area (TPSA) is 49.4 Å². The van der Waals surface area contributed by atoms with E-state index in [1.807, 2.05) is 5.32 Å². The third-order valence-electron chi connectivity index (χ3n) is 6.18. The Morgan fingerprint density at radius 2 is 1.85 bits per heavy atom. The number of amides is 2. The normalized spacial score (nSPS) is 19.7. The molecular weight excluding hydrogens is 338 g/mol. The third kappa shape index (κ3) is 3.89. The van der Waals surface area contributed by atoms with E-state index in [1.165, 1.54) is 31.4 Å². The van der Waals surface area contributed by atoms with Gasteiger partial charge < -0.3 is 4.90 Å². The maximum absolute atomic E-state index is 14.6. The second kappa shape index (κ2) is 7.72. The second-order valence-corrected chi connectivity index (χ2v) is 7.79. The monoisotopic (exact) mass is 364 g/mol. The number of carbonyl (C=O) groups excluding carboxylic acids is 2. The first kappa shape index (κ1) is 18.8. The number of piperidine rings is 1. The largest absolute Gasteiger partial charge is 0.371 e. The smallest absolute Gasteiger partial charge is 0.226 e. The molecule has 0 aromatic heterocycles. The molecule has 1 heterocycles. The summed E-state index contributed by atoms with van der Waals surface area (Å²) in [5.74, 6) is -2.01. The first-order chi connectivity index (χ1) is 12.4. The van der Waals surface area contributed by atoms with Crippen molar-refractivity contribution in [2.75, 3.05) is 18.0 Å². The van der Waals surface area contributed by atoms with Crippen molar-refractivity contribution in [1.82, 2.24) is 5.32 Å². The van der Waals surface area contributed by atoms with Crippen LogP contribution in [0.5, 0.6) is 0 Å². The summed E-state index contributed by atoms with van der Waals surface area (Å²) in [6, 6.07) is 2.83. The van der Waals surface area contributed by atoms with Crippen molar-refractivity contribution >= 4 is 18.0 Å². The van der Waals surface area contributed by atoms with Gasteiger partial charge in [-0.05, 0) is 55.6 Å². The quantitative estimate of drug-likeness (QED) is 0.779. The van der Waals surface area contributed by atoms with Crippen LogP contribution in [0.2, 0.25) is 0 Å². The van der Waals surface area contributed by atoms with Crippen molar-refractivity contribution in [1.29, 1.82) is 0 Å². The highest BCUT2D eigenvalue weighted by molar-refractivity contribution is 5.85. The molecule has 3 rings (SSSR count). The van der Waals surface area contributed by atoms with Crippen LogP contribution in [0, 0.1) is 17.0 Å². The van der Waals surface area contributed by atoms with E-state index in [-0.39, 0.29) is 18.4 Å². The molecule has 0 radical (unpaired) electrons. The van der Waals surface area contributed by atoms with Gasteiger partial charge in [-0.25, -0.2) is 8.78 Å². The molecule has 1 aliphatic carbocycles. The van der Waals surface area contributed by atoms with Gasteiger partial charge in [0.15, 0.2) is 0 Å². The Hall–Kier alpha value is -1.98. The minimum atomic E-state index is -0.563. The van der Waals surface area contributed by atoms with Gasteiger partial charge >= 0.3 is 0 Å². The summed E-state index contributed by atoms with van der Waals surface area (Å²) in [4.78, 5) is 23.7. The van der Waals surface area contributed by atoms with Crippen LogP contribution in [0.4, 0.5) is 14.5 Å². The first-order valence-electron chi connectivity index (χ1n) is 9.41. The van der Waals surface area contributed by atoms with E-state index < -0.39 is 23.5 Å². The Balaban J connectivity index is 1.66. The van der Waals surface area contributed by atoms with Crippen molar-refractivity contribution in [2.45, 2.75) is 57.8 Å². The molecule has 2 amide bonds. The Morgan fingerprint density at radius 1 is 1.23 bits per heavy atom. The summed E-state index contributed by atoms with van der Waals surface area (Å²) in [6.07, 6.45) is 6.72. The van der Waals surface area contributed by atoms with E-state index in [0.29, 0.717) is 17.5 Å². The molecule has 1 aliphatic heterocycles. The molecule has 4 nitrogen and oxygen atoms in total. The third-order valence-corrected chi connectivity index (χ3v) is 6.18. The van der Waals surface area contributed by atoms with Gasteiger partial charge in [0, 0.05) is 30.8 Å². The Kier molecular flexibility index (Phi) is 5.58. The highest BCUT2D eigenvalue weighted by atomic mass is 19.1. The summed E-state index contributed by atoms with van der Waals surface area (Å²) < 4.78 is 29.2. The van der Waals surface area contributed by atoms with Crippen LogP contribution in [0.1, 0.15) is 63.4 Å². The van der Waals surface area contributed by atoms with Crippen LogP contribution in [0.15, 0.2) is 12.1 Å². The number of carbonyl (C=O) groups is 2. The summed E-state index contributed by atoms with van der Waals surface area (Å²) >= 11 is 0. The van der Waals surface area contributed by atoms with Crippen LogP contribution in [-0.4, -0.2) is 25.4 Å². The lowest BCUT2D eigenvalue weighted by atomic mass is 9.63. The Morgan fingerprint density at radius 3 is 2.35 bits per heavy atom. The standard InChI is InChI=1S/C20H26F2N2O2/c1-14(3-4-18(26)23-13-25)19-16(21)11-15(12-17(19)22)24-9-7-20(8-10-24)5-2-6-20/h11-14H,2-10H2,1H3,(H,23,25,26). The SMILES string of the molecule is CC(CCC(=O)NC=O)c1c(F)cc(N2CCC3(CCC3)CC2)cc1F. The average molecular weight is 364 g/mol. The van der Waals surface area contributed by atoms with Gasteiger partial charge in [-0.3, -0.25) is 14.9 Å². The lowest BCUT2D eigenvalue weighted by molar-refractivity contribution is -0.125. The van der Waals surface area contributed by atoms with Crippen LogP contribution in [0.3, 0.4) is 0 Å².